The van der Waals surface area contributed by atoms with Crippen molar-refractivity contribution in [2.75, 3.05) is 14.2 Å². The van der Waals surface area contributed by atoms with Gasteiger partial charge in [0.25, 0.3) is 0 Å². The summed E-state index contributed by atoms with van der Waals surface area (Å²) in [5.41, 5.74) is 1.17. The largest absolute Gasteiger partial charge is 0.467 e. The molecule has 94 valence electrons. The van der Waals surface area contributed by atoms with Crippen LogP contribution < -0.4 is 9.47 Å². The number of aromatic nitrogens is 3. The van der Waals surface area contributed by atoms with Gasteiger partial charge in [-0.25, -0.2) is 0 Å². The van der Waals surface area contributed by atoms with Crippen molar-refractivity contribution in [3.05, 3.63) is 29.8 Å². The van der Waals surface area contributed by atoms with Crippen molar-refractivity contribution in [2.24, 2.45) is 0 Å². The third-order valence-corrected chi connectivity index (χ3v) is 3.28. The molecule has 0 saturated heterocycles. The average molecular weight is 263 g/mol. The van der Waals surface area contributed by atoms with Crippen molar-refractivity contribution in [3.63, 3.8) is 0 Å². The number of rotatable bonds is 4. The highest BCUT2D eigenvalue weighted by atomic mass is 32.2. The van der Waals surface area contributed by atoms with E-state index in [1.165, 1.54) is 31.5 Å². The third-order valence-electron chi connectivity index (χ3n) is 2.23. The van der Waals surface area contributed by atoms with E-state index in [-0.39, 0.29) is 12.0 Å². The summed E-state index contributed by atoms with van der Waals surface area (Å²) >= 11 is 1.45. The first-order valence-electron chi connectivity index (χ1n) is 5.30. The second-order valence-corrected chi connectivity index (χ2v) is 4.47. The molecule has 1 aromatic carbocycles. The molecule has 0 aliphatic heterocycles. The van der Waals surface area contributed by atoms with Gasteiger partial charge in [-0.05, 0) is 30.3 Å². The zero-order valence-electron chi connectivity index (χ0n) is 10.4. The van der Waals surface area contributed by atoms with Gasteiger partial charge < -0.3 is 9.47 Å². The Hall–Kier alpha value is -1.82. The summed E-state index contributed by atoms with van der Waals surface area (Å²) in [5, 5.41) is 0.549. The maximum absolute atomic E-state index is 5.01. The smallest absolute Gasteiger partial charge is 0.323 e. The Morgan fingerprint density at radius 1 is 0.944 bits per heavy atom. The molecule has 0 unspecified atom stereocenters. The Kier molecular flexibility index (Phi) is 3.99. The van der Waals surface area contributed by atoms with E-state index in [1.54, 1.807) is 0 Å². The number of methoxy groups -OCH3 is 2. The van der Waals surface area contributed by atoms with Gasteiger partial charge >= 0.3 is 12.0 Å². The normalized spacial score (nSPS) is 10.2. The zero-order chi connectivity index (χ0) is 13.0. The molecule has 6 heteroatoms. The van der Waals surface area contributed by atoms with Gasteiger partial charge in [-0.3, -0.25) is 0 Å². The van der Waals surface area contributed by atoms with Gasteiger partial charge in [0.1, 0.15) is 0 Å². The molecule has 0 N–H and O–H groups in total. The summed E-state index contributed by atoms with van der Waals surface area (Å²) in [5.74, 6) is 0. The topological polar surface area (TPSA) is 57.1 Å². The van der Waals surface area contributed by atoms with Gasteiger partial charge in [0.05, 0.1) is 14.2 Å². The van der Waals surface area contributed by atoms with Crippen molar-refractivity contribution >= 4 is 11.8 Å². The van der Waals surface area contributed by atoms with E-state index in [4.69, 9.17) is 9.47 Å². The van der Waals surface area contributed by atoms with Crippen LogP contribution in [0, 0.1) is 6.92 Å². The molecule has 2 aromatic rings. The van der Waals surface area contributed by atoms with Gasteiger partial charge in [0, 0.05) is 4.90 Å². The molecule has 0 fully saturated rings. The average Bonchev–Trinajstić information content (AvgIpc) is 2.41. The van der Waals surface area contributed by atoms with Crippen LogP contribution in [-0.2, 0) is 0 Å². The molecule has 1 heterocycles. The van der Waals surface area contributed by atoms with Crippen LogP contribution in [0.25, 0.3) is 0 Å². The molecule has 0 aliphatic carbocycles. The summed E-state index contributed by atoms with van der Waals surface area (Å²) in [6.07, 6.45) is 0. The minimum atomic E-state index is 0.248. The lowest BCUT2D eigenvalue weighted by Gasteiger charge is -2.06. The Labute approximate surface area is 110 Å². The van der Waals surface area contributed by atoms with E-state index in [2.05, 4.69) is 15.0 Å². The second-order valence-electron chi connectivity index (χ2n) is 3.46. The van der Waals surface area contributed by atoms with Crippen LogP contribution in [0.3, 0.4) is 0 Å². The number of hydrogen-bond donors (Lipinski definition) is 0. The fourth-order valence-electron chi connectivity index (χ4n) is 1.32. The number of hydrogen-bond acceptors (Lipinski definition) is 6. The minimum Gasteiger partial charge on any atom is -0.467 e. The Morgan fingerprint density at radius 3 is 2.11 bits per heavy atom. The molecule has 0 aliphatic rings. The Balaban J connectivity index is 2.31. The lowest BCUT2D eigenvalue weighted by molar-refractivity contribution is 0.332. The molecule has 0 atom stereocenters. The number of aryl methyl sites for hydroxylation is 1. The van der Waals surface area contributed by atoms with Gasteiger partial charge in [0.15, 0.2) is 0 Å². The molecule has 2 rings (SSSR count). The van der Waals surface area contributed by atoms with Crippen LogP contribution >= 0.6 is 11.8 Å². The number of ether oxygens (including phenoxy) is 2. The summed E-state index contributed by atoms with van der Waals surface area (Å²) in [6.45, 7) is 2.04. The second kappa shape index (κ2) is 5.68. The Bertz CT molecular complexity index is 526. The summed E-state index contributed by atoms with van der Waals surface area (Å²) < 4.78 is 10.0. The Morgan fingerprint density at radius 2 is 1.56 bits per heavy atom. The minimum absolute atomic E-state index is 0.248. The van der Waals surface area contributed by atoms with Crippen LogP contribution in [-0.4, -0.2) is 29.2 Å². The van der Waals surface area contributed by atoms with Gasteiger partial charge in [-0.1, -0.05) is 18.2 Å². The maximum atomic E-state index is 5.01. The number of benzene rings is 1. The zero-order valence-corrected chi connectivity index (χ0v) is 11.2. The van der Waals surface area contributed by atoms with Gasteiger partial charge in [-0.15, -0.1) is 4.98 Å². The first-order valence-corrected chi connectivity index (χ1v) is 6.12. The van der Waals surface area contributed by atoms with Crippen LogP contribution in [0.4, 0.5) is 0 Å². The molecule has 0 saturated carbocycles. The van der Waals surface area contributed by atoms with E-state index in [0.29, 0.717) is 5.16 Å². The van der Waals surface area contributed by atoms with Crippen LogP contribution in [0.5, 0.6) is 12.0 Å². The first kappa shape index (κ1) is 12.6. The fourth-order valence-corrected chi connectivity index (χ4v) is 2.14. The summed E-state index contributed by atoms with van der Waals surface area (Å²) in [6, 6.07) is 8.52. The van der Waals surface area contributed by atoms with Crippen molar-refractivity contribution in [2.45, 2.75) is 17.0 Å². The quantitative estimate of drug-likeness (QED) is 0.844. The fraction of sp³-hybridized carbons (Fsp3) is 0.250. The molecule has 0 amide bonds. The molecule has 18 heavy (non-hydrogen) atoms. The van der Waals surface area contributed by atoms with E-state index >= 15 is 0 Å². The molecule has 0 bridgehead atoms. The highest BCUT2D eigenvalue weighted by molar-refractivity contribution is 7.99. The van der Waals surface area contributed by atoms with Crippen molar-refractivity contribution < 1.29 is 9.47 Å². The monoisotopic (exact) mass is 263 g/mol. The van der Waals surface area contributed by atoms with Crippen molar-refractivity contribution in [1.29, 1.82) is 0 Å². The van der Waals surface area contributed by atoms with Gasteiger partial charge in [0.2, 0.25) is 5.16 Å². The molecular weight excluding hydrogens is 250 g/mol. The van der Waals surface area contributed by atoms with Crippen LogP contribution in [0.1, 0.15) is 5.56 Å². The standard InChI is InChI=1S/C12H13N3O2S/c1-8-6-4-5-7-9(8)18-12-14-10(16-2)13-11(15-12)17-3/h4-7H,1-3H3. The SMILES string of the molecule is COc1nc(OC)nc(Sc2ccccc2C)n1. The van der Waals surface area contributed by atoms with E-state index in [1.807, 2.05) is 31.2 Å². The predicted molar refractivity (Wildman–Crippen MR) is 68.2 cm³/mol. The highest BCUT2D eigenvalue weighted by Gasteiger charge is 2.09. The van der Waals surface area contributed by atoms with Crippen molar-refractivity contribution in [1.82, 2.24) is 15.0 Å². The highest BCUT2D eigenvalue weighted by Crippen LogP contribution is 2.28. The summed E-state index contributed by atoms with van der Waals surface area (Å²) in [7, 11) is 3.02. The predicted octanol–water partition coefficient (Wildman–Crippen LogP) is 2.35. The molecule has 0 spiro atoms. The lowest BCUT2D eigenvalue weighted by atomic mass is 10.2. The lowest BCUT2D eigenvalue weighted by Crippen LogP contribution is -2.00. The third kappa shape index (κ3) is 2.89. The maximum Gasteiger partial charge on any atom is 0.323 e. The van der Waals surface area contributed by atoms with E-state index in [9.17, 15) is 0 Å². The molecule has 0 radical (unpaired) electrons. The molecule has 5 nitrogen and oxygen atoms in total. The van der Waals surface area contributed by atoms with Gasteiger partial charge in [-0.2, -0.15) is 9.97 Å². The first-order chi connectivity index (χ1) is 8.72. The molecule has 1 aromatic heterocycles. The molecular formula is C12H13N3O2S. The number of nitrogens with zero attached hydrogens (tertiary/aromatic N) is 3. The van der Waals surface area contributed by atoms with E-state index < -0.39 is 0 Å². The van der Waals surface area contributed by atoms with Crippen molar-refractivity contribution in [3.8, 4) is 12.0 Å². The van der Waals surface area contributed by atoms with Crippen LogP contribution in [0.15, 0.2) is 34.3 Å². The van der Waals surface area contributed by atoms with E-state index in [0.717, 1.165) is 4.90 Å². The summed E-state index contributed by atoms with van der Waals surface area (Å²) in [4.78, 5) is 13.4. The van der Waals surface area contributed by atoms with Crippen LogP contribution in [0.2, 0.25) is 0 Å².